The van der Waals surface area contributed by atoms with E-state index in [1.165, 1.54) is 16.0 Å². The molecule has 130 valence electrons. The average Bonchev–Trinajstić information content (AvgIpc) is 3.04. The largest absolute Gasteiger partial charge is 0.355 e. The molecule has 0 saturated heterocycles. The molecule has 25 heavy (non-hydrogen) atoms. The highest BCUT2D eigenvalue weighted by Gasteiger charge is 2.30. The summed E-state index contributed by atoms with van der Waals surface area (Å²) in [7, 11) is 3.45. The molecule has 1 aliphatic rings. The number of carbonyl (C=O) groups excluding carboxylic acids is 2. The summed E-state index contributed by atoms with van der Waals surface area (Å²) < 4.78 is 0. The van der Waals surface area contributed by atoms with Crippen LogP contribution in [0.1, 0.15) is 27.0 Å². The lowest BCUT2D eigenvalue weighted by Crippen LogP contribution is -2.34. The molecule has 2 aromatic rings. The fraction of sp³-hybridized carbons (Fsp3) is 0.300. The van der Waals surface area contributed by atoms with E-state index in [0.29, 0.717) is 12.1 Å². The number of nitrogens with one attached hydrogen (secondary N) is 1. The van der Waals surface area contributed by atoms with Gasteiger partial charge in [-0.25, -0.2) is 0 Å². The second-order valence-electron chi connectivity index (χ2n) is 6.39. The summed E-state index contributed by atoms with van der Waals surface area (Å²) in [5.74, 6) is 0.0422. The molecule has 5 heteroatoms. The van der Waals surface area contributed by atoms with Crippen molar-refractivity contribution in [3.63, 3.8) is 0 Å². The molecule has 1 N–H and O–H groups in total. The SMILES string of the molecule is CNC(=O)c1ccc(CN(C)C(=O)[C@@H]2Cc3ccc(C)cc3S2)cc1. The third-order valence-electron chi connectivity index (χ3n) is 4.41. The van der Waals surface area contributed by atoms with Crippen LogP contribution in [-0.2, 0) is 17.8 Å². The van der Waals surface area contributed by atoms with Crippen LogP contribution in [0.25, 0.3) is 0 Å². The van der Waals surface area contributed by atoms with Crippen molar-refractivity contribution in [1.29, 1.82) is 0 Å². The number of thioether (sulfide) groups is 1. The number of aryl methyl sites for hydroxylation is 1. The van der Waals surface area contributed by atoms with E-state index in [2.05, 4.69) is 30.4 Å². The number of fused-ring (bicyclic) bond motifs is 1. The van der Waals surface area contributed by atoms with Gasteiger partial charge in [-0.15, -0.1) is 11.8 Å². The van der Waals surface area contributed by atoms with E-state index in [0.717, 1.165) is 12.0 Å². The summed E-state index contributed by atoms with van der Waals surface area (Å²) in [6, 6.07) is 13.8. The smallest absolute Gasteiger partial charge is 0.251 e. The van der Waals surface area contributed by atoms with Gasteiger partial charge in [0.25, 0.3) is 5.91 Å². The maximum atomic E-state index is 12.8. The van der Waals surface area contributed by atoms with Crippen LogP contribution in [0.2, 0.25) is 0 Å². The highest BCUT2D eigenvalue weighted by Crippen LogP contribution is 2.38. The van der Waals surface area contributed by atoms with Crippen molar-refractivity contribution in [1.82, 2.24) is 10.2 Å². The number of hydrogen-bond donors (Lipinski definition) is 1. The third-order valence-corrected chi connectivity index (χ3v) is 5.70. The van der Waals surface area contributed by atoms with Crippen molar-refractivity contribution in [3.8, 4) is 0 Å². The van der Waals surface area contributed by atoms with Crippen LogP contribution in [0.15, 0.2) is 47.4 Å². The highest BCUT2D eigenvalue weighted by molar-refractivity contribution is 8.01. The Hall–Kier alpha value is -2.27. The molecule has 4 nitrogen and oxygen atoms in total. The maximum absolute atomic E-state index is 12.8. The fourth-order valence-electron chi connectivity index (χ4n) is 2.98. The second kappa shape index (κ2) is 7.31. The Labute approximate surface area is 152 Å². The Balaban J connectivity index is 1.63. The average molecular weight is 354 g/mol. The molecular weight excluding hydrogens is 332 g/mol. The Morgan fingerprint density at radius 3 is 2.60 bits per heavy atom. The lowest BCUT2D eigenvalue weighted by atomic mass is 10.1. The molecule has 0 unspecified atom stereocenters. The molecular formula is C20H22N2O2S. The van der Waals surface area contributed by atoms with Crippen molar-refractivity contribution in [2.45, 2.75) is 30.0 Å². The molecule has 0 aliphatic carbocycles. The van der Waals surface area contributed by atoms with Crippen molar-refractivity contribution < 1.29 is 9.59 Å². The third kappa shape index (κ3) is 3.87. The number of carbonyl (C=O) groups is 2. The van der Waals surface area contributed by atoms with Crippen LogP contribution < -0.4 is 5.32 Å². The van der Waals surface area contributed by atoms with Crippen molar-refractivity contribution in [3.05, 3.63) is 64.7 Å². The maximum Gasteiger partial charge on any atom is 0.251 e. The number of nitrogens with zero attached hydrogens (tertiary/aromatic N) is 1. The van der Waals surface area contributed by atoms with Gasteiger partial charge in [-0.3, -0.25) is 9.59 Å². The lowest BCUT2D eigenvalue weighted by molar-refractivity contribution is -0.129. The number of rotatable bonds is 4. The van der Waals surface area contributed by atoms with Gasteiger partial charge in [0.05, 0.1) is 5.25 Å². The van der Waals surface area contributed by atoms with Crippen LogP contribution in [-0.4, -0.2) is 36.1 Å². The second-order valence-corrected chi connectivity index (χ2v) is 7.64. The zero-order valence-electron chi connectivity index (χ0n) is 14.7. The summed E-state index contributed by atoms with van der Waals surface area (Å²) in [5, 5.41) is 2.55. The molecule has 1 aliphatic heterocycles. The van der Waals surface area contributed by atoms with Crippen LogP contribution >= 0.6 is 11.8 Å². The van der Waals surface area contributed by atoms with E-state index >= 15 is 0 Å². The first-order chi connectivity index (χ1) is 12.0. The van der Waals surface area contributed by atoms with Gasteiger partial charge in [-0.1, -0.05) is 29.8 Å². The monoisotopic (exact) mass is 354 g/mol. The van der Waals surface area contributed by atoms with Crippen molar-refractivity contribution in [2.24, 2.45) is 0 Å². The lowest BCUT2D eigenvalue weighted by Gasteiger charge is -2.20. The normalized spacial score (nSPS) is 15.6. The quantitative estimate of drug-likeness (QED) is 0.918. The Morgan fingerprint density at radius 2 is 1.92 bits per heavy atom. The molecule has 2 aromatic carbocycles. The first-order valence-corrected chi connectivity index (χ1v) is 9.18. The molecule has 0 fully saturated rings. The molecule has 1 heterocycles. The summed E-state index contributed by atoms with van der Waals surface area (Å²) in [6.07, 6.45) is 0.791. The predicted octanol–water partition coefficient (Wildman–Crippen LogP) is 3.03. The molecule has 2 amide bonds. The van der Waals surface area contributed by atoms with Crippen LogP contribution in [0.4, 0.5) is 0 Å². The number of hydrogen-bond acceptors (Lipinski definition) is 3. The minimum Gasteiger partial charge on any atom is -0.355 e. The van der Waals surface area contributed by atoms with E-state index in [4.69, 9.17) is 0 Å². The predicted molar refractivity (Wildman–Crippen MR) is 101 cm³/mol. The van der Waals surface area contributed by atoms with Gasteiger partial charge in [-0.05, 0) is 42.7 Å². The molecule has 0 spiro atoms. The molecule has 3 rings (SSSR count). The van der Waals surface area contributed by atoms with Crippen molar-refractivity contribution in [2.75, 3.05) is 14.1 Å². The zero-order chi connectivity index (χ0) is 18.0. The fourth-order valence-corrected chi connectivity index (χ4v) is 4.38. The summed E-state index contributed by atoms with van der Waals surface area (Å²) >= 11 is 1.66. The van der Waals surface area contributed by atoms with Gasteiger partial charge in [0.2, 0.25) is 5.91 Å². The van der Waals surface area contributed by atoms with E-state index in [1.54, 1.807) is 35.8 Å². The summed E-state index contributed by atoms with van der Waals surface area (Å²) in [5.41, 5.74) is 4.12. The van der Waals surface area contributed by atoms with Crippen molar-refractivity contribution >= 4 is 23.6 Å². The molecule has 0 saturated carbocycles. The minimum absolute atomic E-state index is 0.0491. The number of amides is 2. The summed E-state index contributed by atoms with van der Waals surface area (Å²) in [4.78, 5) is 27.3. The van der Waals surface area contributed by atoms with E-state index in [1.807, 2.05) is 19.2 Å². The van der Waals surface area contributed by atoms with Gasteiger partial charge >= 0.3 is 0 Å². The van der Waals surface area contributed by atoms with Gasteiger partial charge in [-0.2, -0.15) is 0 Å². The number of benzene rings is 2. The molecule has 1 atom stereocenters. The summed E-state index contributed by atoms with van der Waals surface area (Å²) in [6.45, 7) is 2.61. The Bertz CT molecular complexity index is 802. The Morgan fingerprint density at radius 1 is 1.20 bits per heavy atom. The van der Waals surface area contributed by atoms with Crippen LogP contribution in [0, 0.1) is 6.92 Å². The standard InChI is InChI=1S/C20H22N2O2S/c1-13-4-7-16-11-18(25-17(16)10-13)20(24)22(3)12-14-5-8-15(9-6-14)19(23)21-2/h4-10,18H,11-12H2,1-3H3,(H,21,23)/t18-/m0/s1. The van der Waals surface area contributed by atoms with E-state index < -0.39 is 0 Å². The Kier molecular flexibility index (Phi) is 5.13. The van der Waals surface area contributed by atoms with E-state index in [9.17, 15) is 9.59 Å². The van der Waals surface area contributed by atoms with E-state index in [-0.39, 0.29) is 17.1 Å². The molecule has 0 bridgehead atoms. The van der Waals surface area contributed by atoms with Gasteiger partial charge < -0.3 is 10.2 Å². The first-order valence-electron chi connectivity index (χ1n) is 8.30. The van der Waals surface area contributed by atoms with Gasteiger partial charge in [0.15, 0.2) is 0 Å². The molecule has 0 radical (unpaired) electrons. The van der Waals surface area contributed by atoms with Crippen LogP contribution in [0.3, 0.4) is 0 Å². The topological polar surface area (TPSA) is 49.4 Å². The molecule has 0 aromatic heterocycles. The van der Waals surface area contributed by atoms with Gasteiger partial charge in [0, 0.05) is 31.1 Å². The van der Waals surface area contributed by atoms with Gasteiger partial charge in [0.1, 0.15) is 0 Å². The first kappa shape index (κ1) is 17.5. The highest BCUT2D eigenvalue weighted by atomic mass is 32.2. The zero-order valence-corrected chi connectivity index (χ0v) is 15.5. The van der Waals surface area contributed by atoms with Crippen LogP contribution in [0.5, 0.6) is 0 Å². The minimum atomic E-state index is -0.105.